The van der Waals surface area contributed by atoms with Crippen LogP contribution in [0.5, 0.6) is 0 Å². The van der Waals surface area contributed by atoms with Crippen LogP contribution in [0.25, 0.3) is 15.8 Å². The fourth-order valence-corrected chi connectivity index (χ4v) is 6.64. The van der Waals surface area contributed by atoms with Crippen LogP contribution < -0.4 is 10.5 Å². The molecule has 2 fully saturated rings. The lowest BCUT2D eigenvalue weighted by Crippen LogP contribution is -2.48. The van der Waals surface area contributed by atoms with E-state index < -0.39 is 17.3 Å². The van der Waals surface area contributed by atoms with Crippen molar-refractivity contribution in [1.82, 2.24) is 14.5 Å². The van der Waals surface area contributed by atoms with Gasteiger partial charge in [0.25, 0.3) is 5.56 Å². The number of anilines is 1. The number of fused-ring (bicyclic) bond motifs is 1. The summed E-state index contributed by atoms with van der Waals surface area (Å²) in [6, 6.07) is 5.85. The molecule has 9 heteroatoms. The van der Waals surface area contributed by atoms with E-state index in [-0.39, 0.29) is 5.39 Å². The van der Waals surface area contributed by atoms with Crippen LogP contribution in [-0.4, -0.2) is 47.2 Å². The van der Waals surface area contributed by atoms with Crippen molar-refractivity contribution < 1.29 is 13.2 Å². The molecule has 3 aromatic rings. The summed E-state index contributed by atoms with van der Waals surface area (Å²) in [5.74, 6) is 0.781. The zero-order valence-corrected chi connectivity index (χ0v) is 21.0. The lowest BCUT2D eigenvalue weighted by molar-refractivity contribution is -0.137. The summed E-state index contributed by atoms with van der Waals surface area (Å²) in [6.07, 6.45) is 2.09. The number of aryl methyl sites for hydroxylation is 2. The second kappa shape index (κ2) is 9.58. The van der Waals surface area contributed by atoms with E-state index in [1.165, 1.54) is 43.4 Å². The van der Waals surface area contributed by atoms with Crippen LogP contribution in [0.15, 0.2) is 29.1 Å². The standard InChI is InChI=1S/C26H31F3N4OS/c1-17-8-9-18(2)33(17)22-15-20(26(27,28)29)14-21-23(22)35-25(30-24(21)34)32-12-10-31(11-13-32)16-19-6-4-3-5-7-19/h8-9,14-15,19H,3-7,10-13,16H2,1-2H3. The maximum atomic E-state index is 13.7. The molecular weight excluding hydrogens is 473 g/mol. The number of rotatable bonds is 4. The molecule has 0 amide bonds. The van der Waals surface area contributed by atoms with Crippen LogP contribution in [0.4, 0.5) is 18.3 Å². The van der Waals surface area contributed by atoms with Crippen LogP contribution >= 0.6 is 11.3 Å². The smallest absolute Gasteiger partial charge is 0.345 e. The highest BCUT2D eigenvalue weighted by Gasteiger charge is 2.33. The van der Waals surface area contributed by atoms with E-state index in [1.54, 1.807) is 4.57 Å². The Labute approximate surface area is 207 Å². The second-order valence-corrected chi connectivity index (χ2v) is 10.9. The Bertz CT molecular complexity index is 1250. The molecule has 0 radical (unpaired) electrons. The van der Waals surface area contributed by atoms with E-state index in [4.69, 9.17) is 0 Å². The molecule has 35 heavy (non-hydrogen) atoms. The Morgan fingerprint density at radius 1 is 1.00 bits per heavy atom. The summed E-state index contributed by atoms with van der Waals surface area (Å²) in [5.41, 5.74) is 0.585. The van der Waals surface area contributed by atoms with Gasteiger partial charge < -0.3 is 9.47 Å². The summed E-state index contributed by atoms with van der Waals surface area (Å²) >= 11 is 1.31. The molecular formula is C26H31F3N4OS. The fourth-order valence-electron chi connectivity index (χ4n) is 5.51. The van der Waals surface area contributed by atoms with Gasteiger partial charge in [-0.25, -0.2) is 0 Å². The predicted molar refractivity (Wildman–Crippen MR) is 135 cm³/mol. The molecule has 1 aliphatic carbocycles. The Morgan fingerprint density at radius 3 is 2.29 bits per heavy atom. The molecule has 188 valence electrons. The van der Waals surface area contributed by atoms with Crippen LogP contribution in [-0.2, 0) is 6.18 Å². The van der Waals surface area contributed by atoms with Crippen molar-refractivity contribution in [2.75, 3.05) is 37.6 Å². The van der Waals surface area contributed by atoms with E-state index in [1.807, 2.05) is 26.0 Å². The minimum Gasteiger partial charge on any atom is -0.345 e. The van der Waals surface area contributed by atoms with Gasteiger partial charge in [0, 0.05) is 44.1 Å². The predicted octanol–water partition coefficient (Wildman–Crippen LogP) is 5.79. The van der Waals surface area contributed by atoms with Crippen LogP contribution in [0.1, 0.15) is 49.1 Å². The first-order chi connectivity index (χ1) is 16.7. The van der Waals surface area contributed by atoms with Crippen molar-refractivity contribution in [3.8, 4) is 5.69 Å². The van der Waals surface area contributed by atoms with Gasteiger partial charge in [-0.05, 0) is 56.9 Å². The number of halogens is 3. The highest BCUT2D eigenvalue weighted by atomic mass is 32.1. The maximum Gasteiger partial charge on any atom is 0.416 e. The lowest BCUT2D eigenvalue weighted by atomic mass is 9.89. The van der Waals surface area contributed by atoms with Crippen LogP contribution in [0, 0.1) is 19.8 Å². The number of piperazine rings is 1. The molecule has 0 spiro atoms. The third-order valence-electron chi connectivity index (χ3n) is 7.41. The first kappa shape index (κ1) is 24.3. The third-order valence-corrected chi connectivity index (χ3v) is 8.58. The number of alkyl halides is 3. The zero-order valence-electron chi connectivity index (χ0n) is 20.2. The minimum absolute atomic E-state index is 0.0204. The molecule has 5 nitrogen and oxygen atoms in total. The van der Waals surface area contributed by atoms with E-state index in [2.05, 4.69) is 14.8 Å². The van der Waals surface area contributed by atoms with E-state index in [0.29, 0.717) is 15.5 Å². The number of hydrogen-bond donors (Lipinski definition) is 0. The second-order valence-electron chi connectivity index (χ2n) is 9.91. The zero-order chi connectivity index (χ0) is 24.7. The highest BCUT2D eigenvalue weighted by molar-refractivity contribution is 7.22. The van der Waals surface area contributed by atoms with Crippen molar-refractivity contribution >= 4 is 26.6 Å². The minimum atomic E-state index is -4.55. The van der Waals surface area contributed by atoms with Crippen molar-refractivity contribution in [2.45, 2.75) is 52.1 Å². The van der Waals surface area contributed by atoms with Gasteiger partial charge in [-0.2, -0.15) is 18.2 Å². The van der Waals surface area contributed by atoms with Gasteiger partial charge in [0.15, 0.2) is 5.13 Å². The molecule has 1 saturated heterocycles. The molecule has 0 atom stereocenters. The monoisotopic (exact) mass is 504 g/mol. The number of aromatic nitrogens is 2. The van der Waals surface area contributed by atoms with Crippen molar-refractivity contribution in [3.63, 3.8) is 0 Å². The van der Waals surface area contributed by atoms with E-state index in [0.717, 1.165) is 62.2 Å². The van der Waals surface area contributed by atoms with E-state index >= 15 is 0 Å². The van der Waals surface area contributed by atoms with Gasteiger partial charge in [0.05, 0.1) is 21.3 Å². The molecule has 0 bridgehead atoms. The molecule has 0 unspecified atom stereocenters. The SMILES string of the molecule is Cc1ccc(C)n1-c1cc(C(F)(F)F)cc2c(=O)nc(N3CCN(CC4CCCCC4)CC3)sc12. The quantitative estimate of drug-likeness (QED) is 0.451. The molecule has 1 aromatic carbocycles. The molecule has 5 rings (SSSR count). The van der Waals surface area contributed by atoms with Gasteiger partial charge in [0.1, 0.15) is 0 Å². The summed E-state index contributed by atoms with van der Waals surface area (Å²) < 4.78 is 43.4. The number of nitrogens with zero attached hydrogens (tertiary/aromatic N) is 4. The summed E-state index contributed by atoms with van der Waals surface area (Å²) in [7, 11) is 0. The Morgan fingerprint density at radius 2 is 1.66 bits per heavy atom. The van der Waals surface area contributed by atoms with Crippen molar-refractivity contribution in [3.05, 3.63) is 51.6 Å². The van der Waals surface area contributed by atoms with Gasteiger partial charge >= 0.3 is 6.18 Å². The molecule has 2 aliphatic rings. The third kappa shape index (κ3) is 4.98. The lowest BCUT2D eigenvalue weighted by Gasteiger charge is -2.37. The topological polar surface area (TPSA) is 41.4 Å². The van der Waals surface area contributed by atoms with Crippen molar-refractivity contribution in [1.29, 1.82) is 0 Å². The van der Waals surface area contributed by atoms with Crippen LogP contribution in [0.2, 0.25) is 0 Å². The fraction of sp³-hybridized carbons (Fsp3) is 0.538. The molecule has 1 saturated carbocycles. The van der Waals surface area contributed by atoms with Gasteiger partial charge in [-0.1, -0.05) is 30.6 Å². The Balaban J connectivity index is 1.48. The first-order valence-corrected chi connectivity index (χ1v) is 13.2. The van der Waals surface area contributed by atoms with Crippen LogP contribution in [0.3, 0.4) is 0 Å². The normalized spacial score (nSPS) is 18.5. The summed E-state index contributed by atoms with van der Waals surface area (Å²) in [5, 5.41) is 0.607. The summed E-state index contributed by atoms with van der Waals surface area (Å²) in [4.78, 5) is 21.9. The molecule has 2 aromatic heterocycles. The summed E-state index contributed by atoms with van der Waals surface area (Å²) in [6.45, 7) is 8.19. The Kier molecular flexibility index (Phi) is 6.65. The van der Waals surface area contributed by atoms with E-state index in [9.17, 15) is 18.0 Å². The average Bonchev–Trinajstić information content (AvgIpc) is 3.16. The highest BCUT2D eigenvalue weighted by Crippen LogP contribution is 2.38. The Hall–Kier alpha value is -2.39. The molecule has 0 N–H and O–H groups in total. The average molecular weight is 505 g/mol. The van der Waals surface area contributed by atoms with Gasteiger partial charge in [0.2, 0.25) is 0 Å². The number of hydrogen-bond acceptors (Lipinski definition) is 5. The molecule has 3 heterocycles. The number of benzene rings is 1. The maximum absolute atomic E-state index is 13.7. The first-order valence-electron chi connectivity index (χ1n) is 12.4. The van der Waals surface area contributed by atoms with Gasteiger partial charge in [-0.3, -0.25) is 9.69 Å². The van der Waals surface area contributed by atoms with Gasteiger partial charge in [-0.15, -0.1) is 0 Å². The largest absolute Gasteiger partial charge is 0.416 e. The van der Waals surface area contributed by atoms with Crippen molar-refractivity contribution in [2.24, 2.45) is 5.92 Å². The molecule has 1 aliphatic heterocycles.